The molecule has 2 fully saturated rings. The number of amides is 1. The highest BCUT2D eigenvalue weighted by atomic mass is 35.5. The fourth-order valence-corrected chi connectivity index (χ4v) is 5.64. The number of carbonyl (C=O) groups excluding carboxylic acids is 1. The molecule has 2 atom stereocenters. The van der Waals surface area contributed by atoms with E-state index in [2.05, 4.69) is 0 Å². The molecule has 0 spiro atoms. The number of para-hydroxylation sites is 1. The molecule has 1 heterocycles. The molecule has 166 valence electrons. The normalized spacial score (nSPS) is 22.4. The number of ether oxygens (including phenoxy) is 1. The predicted octanol–water partition coefficient (Wildman–Crippen LogP) is 5.76. The van der Waals surface area contributed by atoms with Crippen molar-refractivity contribution in [1.29, 1.82) is 0 Å². The molecule has 0 radical (unpaired) electrons. The maximum Gasteiger partial charge on any atom is 0.306 e. The van der Waals surface area contributed by atoms with Crippen molar-refractivity contribution in [3.63, 3.8) is 0 Å². The Morgan fingerprint density at radius 1 is 1.22 bits per heavy atom. The minimum atomic E-state index is -0.805. The van der Waals surface area contributed by atoms with Gasteiger partial charge >= 0.3 is 5.97 Å². The summed E-state index contributed by atoms with van der Waals surface area (Å²) in [5.41, 5.74) is 1.65. The van der Waals surface area contributed by atoms with Gasteiger partial charge in [-0.05, 0) is 37.5 Å². The highest BCUT2D eigenvalue weighted by molar-refractivity contribution is 8.26. The van der Waals surface area contributed by atoms with Crippen LogP contribution in [0.4, 0.5) is 0 Å². The van der Waals surface area contributed by atoms with Gasteiger partial charge in [-0.2, -0.15) is 0 Å². The number of nitrogens with zero attached hydrogens (tertiary/aromatic N) is 1. The fourth-order valence-electron chi connectivity index (χ4n) is 4.06. The van der Waals surface area contributed by atoms with Crippen LogP contribution in [0.15, 0.2) is 53.4 Å². The quantitative estimate of drug-likeness (QED) is 0.412. The number of aliphatic carboxylic acids is 1. The first-order valence-corrected chi connectivity index (χ1v) is 12.0. The van der Waals surface area contributed by atoms with E-state index < -0.39 is 11.9 Å². The van der Waals surface area contributed by atoms with Crippen molar-refractivity contribution < 1.29 is 19.4 Å². The number of carboxylic acid groups (broad SMARTS) is 1. The van der Waals surface area contributed by atoms with Gasteiger partial charge in [-0.3, -0.25) is 14.5 Å². The smallest absolute Gasteiger partial charge is 0.306 e. The Kier molecular flexibility index (Phi) is 7.18. The SMILES string of the molecule is O=C(O)C1CCCC(N2C(=O)C(=Cc3ccccc3OCc3ccccc3Cl)SC2=S)C1. The highest BCUT2D eigenvalue weighted by Gasteiger charge is 2.40. The van der Waals surface area contributed by atoms with Crippen LogP contribution in [0.25, 0.3) is 6.08 Å². The van der Waals surface area contributed by atoms with Gasteiger partial charge in [-0.25, -0.2) is 0 Å². The molecule has 2 aromatic carbocycles. The molecule has 32 heavy (non-hydrogen) atoms. The lowest BCUT2D eigenvalue weighted by Gasteiger charge is -2.32. The topological polar surface area (TPSA) is 66.8 Å². The number of thioether (sulfide) groups is 1. The molecule has 4 rings (SSSR count). The summed E-state index contributed by atoms with van der Waals surface area (Å²) in [4.78, 5) is 26.7. The lowest BCUT2D eigenvalue weighted by atomic mass is 9.85. The zero-order valence-electron chi connectivity index (χ0n) is 17.2. The molecule has 0 bridgehead atoms. The maximum atomic E-state index is 13.2. The summed E-state index contributed by atoms with van der Waals surface area (Å²) in [6.45, 7) is 0.310. The number of hydrogen-bond acceptors (Lipinski definition) is 5. The molecule has 1 saturated heterocycles. The average Bonchev–Trinajstić information content (AvgIpc) is 3.07. The standard InChI is InChI=1S/C24H22ClNO4S2/c25-19-10-3-1-7-17(19)14-30-20-11-4-2-6-15(20)13-21-22(27)26(24(31)32-21)18-9-5-8-16(12-18)23(28)29/h1-4,6-7,10-11,13,16,18H,5,8-9,12,14H2,(H,28,29). The van der Waals surface area contributed by atoms with E-state index >= 15 is 0 Å². The summed E-state index contributed by atoms with van der Waals surface area (Å²) in [6, 6.07) is 14.8. The van der Waals surface area contributed by atoms with Crippen molar-refractivity contribution in [3.8, 4) is 5.75 Å². The van der Waals surface area contributed by atoms with Crippen LogP contribution in [0.1, 0.15) is 36.8 Å². The van der Waals surface area contributed by atoms with Gasteiger partial charge in [0.15, 0.2) is 0 Å². The van der Waals surface area contributed by atoms with Crippen LogP contribution >= 0.6 is 35.6 Å². The Morgan fingerprint density at radius 2 is 1.97 bits per heavy atom. The van der Waals surface area contributed by atoms with Gasteiger partial charge < -0.3 is 9.84 Å². The monoisotopic (exact) mass is 487 g/mol. The number of carbonyl (C=O) groups is 2. The van der Waals surface area contributed by atoms with Gasteiger partial charge in [0, 0.05) is 22.2 Å². The Bertz CT molecular complexity index is 1090. The molecule has 5 nitrogen and oxygen atoms in total. The second-order valence-corrected chi connectivity index (χ2v) is 9.91. The highest BCUT2D eigenvalue weighted by Crippen LogP contribution is 2.39. The van der Waals surface area contributed by atoms with Crippen molar-refractivity contribution >= 4 is 57.9 Å². The lowest BCUT2D eigenvalue weighted by molar-refractivity contribution is -0.144. The summed E-state index contributed by atoms with van der Waals surface area (Å²) < 4.78 is 6.48. The lowest BCUT2D eigenvalue weighted by Crippen LogP contribution is -2.42. The first-order chi connectivity index (χ1) is 15.4. The van der Waals surface area contributed by atoms with Crippen molar-refractivity contribution in [1.82, 2.24) is 4.90 Å². The van der Waals surface area contributed by atoms with E-state index in [0.717, 1.165) is 24.0 Å². The van der Waals surface area contributed by atoms with Crippen molar-refractivity contribution in [2.45, 2.75) is 38.3 Å². The average molecular weight is 488 g/mol. The van der Waals surface area contributed by atoms with E-state index in [9.17, 15) is 14.7 Å². The van der Waals surface area contributed by atoms with Crippen LogP contribution in [-0.4, -0.2) is 32.2 Å². The molecule has 1 saturated carbocycles. The van der Waals surface area contributed by atoms with Gasteiger partial charge in [0.1, 0.15) is 16.7 Å². The minimum Gasteiger partial charge on any atom is -0.488 e. The Morgan fingerprint density at radius 3 is 2.75 bits per heavy atom. The predicted molar refractivity (Wildman–Crippen MR) is 131 cm³/mol. The molecule has 2 unspecified atom stereocenters. The molecule has 1 aliphatic heterocycles. The second kappa shape index (κ2) is 10.1. The molecule has 0 aromatic heterocycles. The Balaban J connectivity index is 1.52. The van der Waals surface area contributed by atoms with Gasteiger partial charge in [0.05, 0.1) is 10.8 Å². The van der Waals surface area contributed by atoms with Gasteiger partial charge in [-0.1, -0.05) is 78.4 Å². The molecule has 2 aliphatic rings. The third-order valence-corrected chi connectivity index (χ3v) is 7.43. The Labute approximate surface area is 201 Å². The van der Waals surface area contributed by atoms with Crippen LogP contribution in [0.2, 0.25) is 5.02 Å². The summed E-state index contributed by atoms with van der Waals surface area (Å²) in [5.74, 6) is -0.764. The summed E-state index contributed by atoms with van der Waals surface area (Å²) in [5, 5.41) is 10.0. The molecule has 1 amide bonds. The van der Waals surface area contributed by atoms with Gasteiger partial charge in [0.2, 0.25) is 0 Å². The van der Waals surface area contributed by atoms with E-state index in [1.807, 2.05) is 48.5 Å². The number of halogens is 1. The van der Waals surface area contributed by atoms with Crippen LogP contribution in [-0.2, 0) is 16.2 Å². The van der Waals surface area contributed by atoms with Crippen LogP contribution in [0.3, 0.4) is 0 Å². The first kappa shape index (κ1) is 22.8. The molecule has 1 N–H and O–H groups in total. The van der Waals surface area contributed by atoms with E-state index in [0.29, 0.717) is 39.4 Å². The molecule has 1 aliphatic carbocycles. The zero-order valence-corrected chi connectivity index (χ0v) is 19.6. The maximum absolute atomic E-state index is 13.2. The fraction of sp³-hybridized carbons (Fsp3) is 0.292. The summed E-state index contributed by atoms with van der Waals surface area (Å²) >= 11 is 13.0. The van der Waals surface area contributed by atoms with E-state index in [1.54, 1.807) is 11.0 Å². The number of benzene rings is 2. The van der Waals surface area contributed by atoms with Crippen LogP contribution in [0.5, 0.6) is 5.75 Å². The number of thiocarbonyl (C=S) groups is 1. The molecule has 2 aromatic rings. The minimum absolute atomic E-state index is 0.169. The third kappa shape index (κ3) is 5.00. The Hall–Kier alpha value is -2.35. The largest absolute Gasteiger partial charge is 0.488 e. The van der Waals surface area contributed by atoms with Crippen molar-refractivity contribution in [2.75, 3.05) is 0 Å². The van der Waals surface area contributed by atoms with E-state index in [4.69, 9.17) is 28.6 Å². The van der Waals surface area contributed by atoms with Gasteiger partial charge in [0.25, 0.3) is 5.91 Å². The van der Waals surface area contributed by atoms with E-state index in [-0.39, 0.29) is 11.9 Å². The van der Waals surface area contributed by atoms with Crippen molar-refractivity contribution in [3.05, 3.63) is 69.6 Å². The number of hydrogen-bond donors (Lipinski definition) is 1. The second-order valence-electron chi connectivity index (χ2n) is 7.83. The summed E-state index contributed by atoms with van der Waals surface area (Å²) in [7, 11) is 0. The van der Waals surface area contributed by atoms with Crippen LogP contribution in [0, 0.1) is 5.92 Å². The van der Waals surface area contributed by atoms with E-state index in [1.165, 1.54) is 11.8 Å². The van der Waals surface area contributed by atoms with Gasteiger partial charge in [-0.15, -0.1) is 0 Å². The molecular weight excluding hydrogens is 466 g/mol. The first-order valence-electron chi connectivity index (χ1n) is 10.4. The molecule has 8 heteroatoms. The summed E-state index contributed by atoms with van der Waals surface area (Å²) in [6.07, 6.45) is 4.41. The third-order valence-electron chi connectivity index (χ3n) is 5.73. The number of carboxylic acids is 1. The zero-order chi connectivity index (χ0) is 22.7. The number of rotatable bonds is 6. The molecular formula is C24H22ClNO4S2. The van der Waals surface area contributed by atoms with Crippen molar-refractivity contribution in [2.24, 2.45) is 5.92 Å². The van der Waals surface area contributed by atoms with Crippen LogP contribution < -0.4 is 4.74 Å².